The highest BCUT2D eigenvalue weighted by molar-refractivity contribution is 5.87. The number of hydrogen-bond donors (Lipinski definition) is 1. The molecule has 0 aromatic heterocycles. The lowest BCUT2D eigenvalue weighted by molar-refractivity contribution is -0.117. The van der Waals surface area contributed by atoms with E-state index in [0.29, 0.717) is 12.1 Å². The molecule has 1 saturated heterocycles. The van der Waals surface area contributed by atoms with Crippen molar-refractivity contribution in [3.63, 3.8) is 0 Å². The number of carbonyl (C=O) groups excluding carboxylic acids is 1. The van der Waals surface area contributed by atoms with Gasteiger partial charge in [-0.3, -0.25) is 9.69 Å². The summed E-state index contributed by atoms with van der Waals surface area (Å²) in [6.07, 6.45) is 7.01. The normalized spacial score (nSPS) is 22.9. The first kappa shape index (κ1) is 16.2. The van der Waals surface area contributed by atoms with Gasteiger partial charge in [0.15, 0.2) is 0 Å². The second-order valence-electron chi connectivity index (χ2n) is 5.76. The van der Waals surface area contributed by atoms with Crippen LogP contribution < -0.4 is 5.32 Å². The topological polar surface area (TPSA) is 35.6 Å². The van der Waals surface area contributed by atoms with E-state index < -0.39 is 0 Å². The number of piperidine rings is 1. The summed E-state index contributed by atoms with van der Waals surface area (Å²) in [6.45, 7) is 7.44. The first-order chi connectivity index (χ1) is 9.02. The molecule has 19 heavy (non-hydrogen) atoms. The Morgan fingerprint density at radius 2 is 2.26 bits per heavy atom. The van der Waals surface area contributed by atoms with Crippen molar-refractivity contribution in [2.45, 2.75) is 45.2 Å². The van der Waals surface area contributed by atoms with Gasteiger partial charge in [-0.15, -0.1) is 0 Å². The van der Waals surface area contributed by atoms with Crippen molar-refractivity contribution in [3.05, 3.63) is 12.2 Å². The van der Waals surface area contributed by atoms with Gasteiger partial charge in [-0.1, -0.05) is 13.0 Å². The highest BCUT2D eigenvalue weighted by atomic mass is 16.1. The van der Waals surface area contributed by atoms with E-state index in [9.17, 15) is 4.79 Å². The predicted molar refractivity (Wildman–Crippen MR) is 80.2 cm³/mol. The highest BCUT2D eigenvalue weighted by Gasteiger charge is 2.23. The molecule has 1 aliphatic rings. The van der Waals surface area contributed by atoms with Crippen LogP contribution in [-0.4, -0.2) is 61.5 Å². The number of nitrogens with one attached hydrogen (secondary N) is 1. The van der Waals surface area contributed by atoms with Crippen LogP contribution in [0.5, 0.6) is 0 Å². The monoisotopic (exact) mass is 267 g/mol. The smallest absolute Gasteiger partial charge is 0.243 e. The fourth-order valence-corrected chi connectivity index (χ4v) is 2.40. The van der Waals surface area contributed by atoms with Crippen molar-refractivity contribution in [2.24, 2.45) is 0 Å². The van der Waals surface area contributed by atoms with Gasteiger partial charge in [0.05, 0.1) is 0 Å². The third-order valence-electron chi connectivity index (χ3n) is 3.75. The molecule has 0 saturated carbocycles. The summed E-state index contributed by atoms with van der Waals surface area (Å²) in [4.78, 5) is 16.3. The van der Waals surface area contributed by atoms with E-state index >= 15 is 0 Å². The molecule has 1 aliphatic heterocycles. The van der Waals surface area contributed by atoms with Crippen molar-refractivity contribution in [1.82, 2.24) is 15.1 Å². The van der Waals surface area contributed by atoms with E-state index in [1.165, 1.54) is 12.8 Å². The van der Waals surface area contributed by atoms with Crippen LogP contribution in [0.25, 0.3) is 0 Å². The van der Waals surface area contributed by atoms with Gasteiger partial charge in [-0.2, -0.15) is 0 Å². The Kier molecular flexibility index (Phi) is 7.10. The minimum Gasteiger partial charge on any atom is -0.349 e. The quantitative estimate of drug-likeness (QED) is 0.741. The second-order valence-corrected chi connectivity index (χ2v) is 5.76. The van der Waals surface area contributed by atoms with Crippen LogP contribution in [0.2, 0.25) is 0 Å². The second kappa shape index (κ2) is 8.33. The summed E-state index contributed by atoms with van der Waals surface area (Å²) in [5, 5.41) is 3.12. The van der Waals surface area contributed by atoms with Crippen LogP contribution in [0.15, 0.2) is 12.2 Å². The Hall–Kier alpha value is -0.870. The molecule has 1 fully saturated rings. The van der Waals surface area contributed by atoms with E-state index in [4.69, 9.17) is 0 Å². The molecule has 0 aromatic carbocycles. The van der Waals surface area contributed by atoms with Crippen molar-refractivity contribution in [1.29, 1.82) is 0 Å². The first-order valence-corrected chi connectivity index (χ1v) is 7.38. The number of likely N-dealkylation sites (N-methyl/N-ethyl adjacent to an activating group) is 1. The molecular formula is C15H29N3O. The van der Waals surface area contributed by atoms with Crippen molar-refractivity contribution < 1.29 is 4.79 Å². The number of hydrogen-bond acceptors (Lipinski definition) is 3. The maximum absolute atomic E-state index is 11.8. The molecule has 1 unspecified atom stereocenters. The zero-order chi connectivity index (χ0) is 14.3. The number of amides is 1. The molecule has 1 rings (SSSR count). The van der Waals surface area contributed by atoms with Gasteiger partial charge in [-0.05, 0) is 46.8 Å². The summed E-state index contributed by atoms with van der Waals surface area (Å²) in [5.41, 5.74) is 0. The SMILES string of the molecule is CCC(C)N1CCC[C@@H](NC(=O)/C=C/CN(C)C)C1. The summed E-state index contributed by atoms with van der Waals surface area (Å²) >= 11 is 0. The van der Waals surface area contributed by atoms with E-state index in [2.05, 4.69) is 24.1 Å². The van der Waals surface area contributed by atoms with Crippen LogP contribution >= 0.6 is 0 Å². The molecule has 1 N–H and O–H groups in total. The first-order valence-electron chi connectivity index (χ1n) is 7.38. The van der Waals surface area contributed by atoms with E-state index in [0.717, 1.165) is 26.1 Å². The molecule has 1 heterocycles. The van der Waals surface area contributed by atoms with Gasteiger partial charge in [-0.25, -0.2) is 0 Å². The van der Waals surface area contributed by atoms with Crippen LogP contribution in [0.3, 0.4) is 0 Å². The zero-order valence-corrected chi connectivity index (χ0v) is 12.9. The molecule has 4 nitrogen and oxygen atoms in total. The summed E-state index contributed by atoms with van der Waals surface area (Å²) in [7, 11) is 3.99. The fraction of sp³-hybridized carbons (Fsp3) is 0.800. The molecule has 1 amide bonds. The van der Waals surface area contributed by atoms with Crippen molar-refractivity contribution in [2.75, 3.05) is 33.7 Å². The summed E-state index contributed by atoms with van der Waals surface area (Å²) < 4.78 is 0. The zero-order valence-electron chi connectivity index (χ0n) is 12.9. The Morgan fingerprint density at radius 1 is 1.53 bits per heavy atom. The highest BCUT2D eigenvalue weighted by Crippen LogP contribution is 2.14. The number of rotatable bonds is 6. The lowest BCUT2D eigenvalue weighted by atomic mass is 10.0. The Balaban J connectivity index is 2.35. The van der Waals surface area contributed by atoms with Gasteiger partial charge in [0.2, 0.25) is 5.91 Å². The van der Waals surface area contributed by atoms with Gasteiger partial charge in [0.25, 0.3) is 0 Å². The van der Waals surface area contributed by atoms with E-state index in [1.54, 1.807) is 6.08 Å². The van der Waals surface area contributed by atoms with Crippen molar-refractivity contribution >= 4 is 5.91 Å². The maximum Gasteiger partial charge on any atom is 0.243 e. The lowest BCUT2D eigenvalue weighted by Crippen LogP contribution is -2.49. The van der Waals surface area contributed by atoms with Crippen molar-refractivity contribution in [3.8, 4) is 0 Å². The lowest BCUT2D eigenvalue weighted by Gasteiger charge is -2.36. The van der Waals surface area contributed by atoms with E-state index in [-0.39, 0.29) is 5.91 Å². The summed E-state index contributed by atoms with van der Waals surface area (Å²) in [6, 6.07) is 0.920. The third kappa shape index (κ3) is 6.21. The Bertz CT molecular complexity index is 302. The molecule has 0 spiro atoms. The van der Waals surface area contributed by atoms with Gasteiger partial charge in [0.1, 0.15) is 0 Å². The van der Waals surface area contributed by atoms with Gasteiger partial charge >= 0.3 is 0 Å². The molecule has 0 bridgehead atoms. The Labute approximate surface area is 117 Å². The molecule has 0 aliphatic carbocycles. The Morgan fingerprint density at radius 3 is 2.89 bits per heavy atom. The van der Waals surface area contributed by atoms with Crippen LogP contribution in [0.4, 0.5) is 0 Å². The van der Waals surface area contributed by atoms with Crippen LogP contribution in [0, 0.1) is 0 Å². The number of nitrogens with zero attached hydrogens (tertiary/aromatic N) is 2. The van der Waals surface area contributed by atoms with Crippen LogP contribution in [-0.2, 0) is 4.79 Å². The molecule has 2 atom stereocenters. The molecule has 110 valence electrons. The third-order valence-corrected chi connectivity index (χ3v) is 3.75. The average molecular weight is 267 g/mol. The van der Waals surface area contributed by atoms with E-state index in [1.807, 2.05) is 25.1 Å². The molecule has 0 radical (unpaired) electrons. The predicted octanol–water partition coefficient (Wildman–Crippen LogP) is 1.48. The molecule has 4 heteroatoms. The molecule has 0 aromatic rings. The minimum atomic E-state index is 0.0397. The maximum atomic E-state index is 11.8. The number of carbonyl (C=O) groups is 1. The van der Waals surface area contributed by atoms with Gasteiger partial charge in [0, 0.05) is 31.2 Å². The standard InChI is InChI=1S/C15H29N3O/c1-5-13(2)18-11-6-8-14(12-18)16-15(19)9-7-10-17(3)4/h7,9,13-14H,5-6,8,10-12H2,1-4H3,(H,16,19)/b9-7+/t13?,14-/m1/s1. The minimum absolute atomic E-state index is 0.0397. The number of likely N-dealkylation sites (tertiary alicyclic amines) is 1. The largest absolute Gasteiger partial charge is 0.349 e. The average Bonchev–Trinajstić information content (AvgIpc) is 2.37. The van der Waals surface area contributed by atoms with Gasteiger partial charge < -0.3 is 10.2 Å². The summed E-state index contributed by atoms with van der Waals surface area (Å²) in [5.74, 6) is 0.0397. The van der Waals surface area contributed by atoms with Crippen LogP contribution in [0.1, 0.15) is 33.1 Å². The fourth-order valence-electron chi connectivity index (χ4n) is 2.40. The molecular weight excluding hydrogens is 238 g/mol.